The van der Waals surface area contributed by atoms with E-state index < -0.39 is 23.7 Å². The molecule has 0 aromatic carbocycles. The third-order valence-corrected chi connectivity index (χ3v) is 6.96. The normalized spacial score (nSPS) is 17.5. The number of nitrogens with one attached hydrogen (secondary N) is 2. The van der Waals surface area contributed by atoms with Crippen molar-refractivity contribution in [3.8, 4) is 0 Å². The summed E-state index contributed by atoms with van der Waals surface area (Å²) in [6.45, 7) is 3.03. The molecule has 0 spiro atoms. The third kappa shape index (κ3) is 4.77. The lowest BCUT2D eigenvalue weighted by Crippen LogP contribution is -2.40. The number of hydrogen-bond acceptors (Lipinski definition) is 6. The van der Waals surface area contributed by atoms with Gasteiger partial charge >= 0.3 is 12.3 Å². The minimum Gasteiger partial charge on any atom is -0.446 e. The van der Waals surface area contributed by atoms with Crippen LogP contribution in [0.2, 0.25) is 0 Å². The van der Waals surface area contributed by atoms with Crippen LogP contribution in [0.1, 0.15) is 46.5 Å². The maximum absolute atomic E-state index is 13.8. The molecule has 0 atom stereocenters. The fraction of sp³-hybridized carbons (Fsp3) is 0.571. The Balaban J connectivity index is 1.53. The van der Waals surface area contributed by atoms with Gasteiger partial charge in [0, 0.05) is 44.4 Å². The lowest BCUT2D eigenvalue weighted by molar-refractivity contribution is -0.136. The van der Waals surface area contributed by atoms with E-state index in [9.17, 15) is 22.8 Å². The predicted molar refractivity (Wildman–Crippen MR) is 115 cm³/mol. The van der Waals surface area contributed by atoms with E-state index in [0.29, 0.717) is 43.3 Å². The van der Waals surface area contributed by atoms with Crippen molar-refractivity contribution in [3.05, 3.63) is 22.1 Å². The number of rotatable bonds is 5. The fourth-order valence-electron chi connectivity index (χ4n) is 3.87. The molecule has 2 N–H and O–H groups in total. The molecular weight excluding hydrogens is 445 g/mol. The number of carbonyl (C=O) groups is 2. The zero-order valence-corrected chi connectivity index (χ0v) is 18.7. The Labute approximate surface area is 187 Å². The highest BCUT2D eigenvalue weighted by atomic mass is 32.1. The van der Waals surface area contributed by atoms with Crippen molar-refractivity contribution < 1.29 is 27.5 Å². The van der Waals surface area contributed by atoms with E-state index in [1.165, 1.54) is 7.05 Å². The lowest BCUT2D eigenvalue weighted by Gasteiger charge is -2.32. The van der Waals surface area contributed by atoms with Crippen LogP contribution >= 0.6 is 11.3 Å². The molecule has 1 aliphatic heterocycles. The summed E-state index contributed by atoms with van der Waals surface area (Å²) in [5.74, 6) is 0.258. The monoisotopic (exact) mass is 470 g/mol. The number of alkyl carbamates (subject to hydrolysis) is 1. The van der Waals surface area contributed by atoms with Crippen LogP contribution in [0.5, 0.6) is 0 Å². The number of ether oxygens (including phenoxy) is 1. The van der Waals surface area contributed by atoms with Gasteiger partial charge in [0.15, 0.2) is 0 Å². The average molecular weight is 471 g/mol. The largest absolute Gasteiger partial charge is 0.446 e. The summed E-state index contributed by atoms with van der Waals surface area (Å²) in [5.41, 5.74) is -0.557. The number of amides is 2. The molecular formula is C21H25F3N4O3S. The SMILES string of the molecule is CNC(=O)c1c(C)sc2c(C(F)(F)F)cc(N3CCC(OC(=O)NCC4CC4)CC3)nc12. The van der Waals surface area contributed by atoms with Crippen LogP contribution in [0.3, 0.4) is 0 Å². The first-order valence-electron chi connectivity index (χ1n) is 10.6. The molecule has 2 fully saturated rings. The number of anilines is 1. The van der Waals surface area contributed by atoms with Crippen LogP contribution in [0, 0.1) is 12.8 Å². The second-order valence-electron chi connectivity index (χ2n) is 8.23. The number of pyridine rings is 1. The minimum absolute atomic E-state index is 0.0390. The van der Waals surface area contributed by atoms with E-state index in [4.69, 9.17) is 4.74 Å². The number of carbonyl (C=O) groups excluding carboxylic acids is 2. The van der Waals surface area contributed by atoms with Gasteiger partial charge < -0.3 is 20.3 Å². The van der Waals surface area contributed by atoms with Crippen LogP contribution in [-0.4, -0.2) is 49.8 Å². The third-order valence-electron chi connectivity index (χ3n) is 5.83. The van der Waals surface area contributed by atoms with Crippen LogP contribution in [0.25, 0.3) is 10.2 Å². The van der Waals surface area contributed by atoms with Gasteiger partial charge in [-0.2, -0.15) is 13.2 Å². The first-order chi connectivity index (χ1) is 15.2. The standard InChI is InChI=1S/C21H25F3N4O3S/c1-11-16(19(29)25-2)17-18(32-11)14(21(22,23)24)9-15(27-17)28-7-5-13(6-8-28)31-20(30)26-10-12-3-4-12/h9,12-13H,3-8,10H2,1-2H3,(H,25,29)(H,26,30). The molecule has 174 valence electrons. The van der Waals surface area contributed by atoms with Crippen LogP contribution in [0.4, 0.5) is 23.8 Å². The maximum atomic E-state index is 13.8. The number of aromatic nitrogens is 1. The Morgan fingerprint density at radius 2 is 1.94 bits per heavy atom. The Morgan fingerprint density at radius 3 is 2.53 bits per heavy atom. The molecule has 1 aliphatic carbocycles. The number of fused-ring (bicyclic) bond motifs is 1. The van der Waals surface area contributed by atoms with Gasteiger partial charge in [-0.15, -0.1) is 11.3 Å². The van der Waals surface area contributed by atoms with E-state index in [-0.39, 0.29) is 27.7 Å². The van der Waals surface area contributed by atoms with Gasteiger partial charge in [-0.1, -0.05) is 0 Å². The number of thiophene rings is 1. The van der Waals surface area contributed by atoms with Crippen molar-refractivity contribution in [3.63, 3.8) is 0 Å². The molecule has 2 aromatic heterocycles. The van der Waals surface area contributed by atoms with E-state index in [0.717, 1.165) is 30.2 Å². The summed E-state index contributed by atoms with van der Waals surface area (Å²) < 4.78 is 46.9. The van der Waals surface area contributed by atoms with Crippen molar-refractivity contribution in [1.82, 2.24) is 15.6 Å². The quantitative estimate of drug-likeness (QED) is 0.688. The molecule has 0 unspecified atom stereocenters. The molecule has 2 aromatic rings. The van der Waals surface area contributed by atoms with Gasteiger partial charge in [0.25, 0.3) is 5.91 Å². The van der Waals surface area contributed by atoms with Crippen molar-refractivity contribution in [2.45, 2.75) is 44.9 Å². The van der Waals surface area contributed by atoms with Crippen molar-refractivity contribution in [1.29, 1.82) is 0 Å². The lowest BCUT2D eigenvalue weighted by atomic mass is 10.1. The zero-order chi connectivity index (χ0) is 23.0. The molecule has 32 heavy (non-hydrogen) atoms. The Bertz CT molecular complexity index is 1030. The molecule has 1 saturated carbocycles. The molecule has 2 amide bonds. The summed E-state index contributed by atoms with van der Waals surface area (Å²) in [6.07, 6.45) is -2.08. The Kier molecular flexibility index (Phi) is 6.19. The number of piperidine rings is 1. The molecule has 1 saturated heterocycles. The van der Waals surface area contributed by atoms with Crippen molar-refractivity contribution in [2.24, 2.45) is 5.92 Å². The summed E-state index contributed by atoms with van der Waals surface area (Å²) in [4.78, 5) is 30.9. The van der Waals surface area contributed by atoms with E-state index in [2.05, 4.69) is 15.6 Å². The van der Waals surface area contributed by atoms with Crippen LogP contribution in [-0.2, 0) is 10.9 Å². The highest BCUT2D eigenvalue weighted by Crippen LogP contribution is 2.42. The van der Waals surface area contributed by atoms with Gasteiger partial charge in [0.05, 0.1) is 21.3 Å². The second kappa shape index (κ2) is 8.76. The highest BCUT2D eigenvalue weighted by Gasteiger charge is 2.37. The summed E-state index contributed by atoms with van der Waals surface area (Å²) >= 11 is 0.923. The number of halogens is 3. The van der Waals surface area contributed by atoms with E-state index in [1.54, 1.807) is 11.8 Å². The van der Waals surface area contributed by atoms with Crippen molar-refractivity contribution >= 4 is 39.4 Å². The maximum Gasteiger partial charge on any atom is 0.417 e. The number of alkyl halides is 3. The molecule has 0 bridgehead atoms. The molecule has 2 aliphatic rings. The average Bonchev–Trinajstić information content (AvgIpc) is 3.51. The summed E-state index contributed by atoms with van der Waals surface area (Å²) in [7, 11) is 1.44. The molecule has 7 nitrogen and oxygen atoms in total. The molecule has 3 heterocycles. The van der Waals surface area contributed by atoms with Crippen molar-refractivity contribution in [2.75, 3.05) is 31.6 Å². The van der Waals surface area contributed by atoms with Crippen LogP contribution < -0.4 is 15.5 Å². The Morgan fingerprint density at radius 1 is 1.25 bits per heavy atom. The molecule has 0 radical (unpaired) electrons. The molecule has 4 rings (SSSR count). The first kappa shape index (κ1) is 22.6. The summed E-state index contributed by atoms with van der Waals surface area (Å²) in [6, 6.07) is 1.05. The highest BCUT2D eigenvalue weighted by molar-refractivity contribution is 7.19. The molecule has 11 heteroatoms. The van der Waals surface area contributed by atoms with Gasteiger partial charge in [0.1, 0.15) is 11.9 Å². The van der Waals surface area contributed by atoms with Gasteiger partial charge in [-0.3, -0.25) is 4.79 Å². The first-order valence-corrected chi connectivity index (χ1v) is 11.4. The Hall–Kier alpha value is -2.56. The zero-order valence-electron chi connectivity index (χ0n) is 17.8. The van der Waals surface area contributed by atoms with E-state index in [1.807, 2.05) is 0 Å². The van der Waals surface area contributed by atoms with Gasteiger partial charge in [-0.25, -0.2) is 9.78 Å². The fourth-order valence-corrected chi connectivity index (χ4v) is 5.00. The summed E-state index contributed by atoms with van der Waals surface area (Å²) in [5, 5.41) is 5.24. The van der Waals surface area contributed by atoms with Crippen LogP contribution in [0.15, 0.2) is 6.07 Å². The van der Waals surface area contributed by atoms with Gasteiger partial charge in [-0.05, 0) is 31.7 Å². The predicted octanol–water partition coefficient (Wildman–Crippen LogP) is 4.09. The second-order valence-corrected chi connectivity index (χ2v) is 9.46. The smallest absolute Gasteiger partial charge is 0.417 e. The topological polar surface area (TPSA) is 83.6 Å². The van der Waals surface area contributed by atoms with Gasteiger partial charge in [0.2, 0.25) is 0 Å². The minimum atomic E-state index is -4.58. The number of hydrogen-bond donors (Lipinski definition) is 2. The number of aryl methyl sites for hydroxylation is 1. The van der Waals surface area contributed by atoms with E-state index >= 15 is 0 Å². The number of nitrogens with zero attached hydrogens (tertiary/aromatic N) is 2.